The highest BCUT2D eigenvalue weighted by molar-refractivity contribution is 5.31. The number of hydrogen-bond acceptors (Lipinski definition) is 1. The zero-order valence-corrected chi connectivity index (χ0v) is 11.5. The van der Waals surface area contributed by atoms with E-state index in [1.807, 2.05) is 13.8 Å². The Hall–Kier alpha value is -1.50. The Bertz CT molecular complexity index is 415. The van der Waals surface area contributed by atoms with E-state index < -0.39 is 0 Å². The van der Waals surface area contributed by atoms with Crippen LogP contribution >= 0.6 is 0 Å². The molecule has 0 unspecified atom stereocenters. The SMILES string of the molecule is C=C(C)N(Cc1ccc(CC)c(C)c1)C(=C)C. The van der Waals surface area contributed by atoms with E-state index in [4.69, 9.17) is 0 Å². The van der Waals surface area contributed by atoms with Gasteiger partial charge in [-0.1, -0.05) is 38.3 Å². The van der Waals surface area contributed by atoms with Crippen LogP contribution < -0.4 is 0 Å². The van der Waals surface area contributed by atoms with Gasteiger partial charge < -0.3 is 4.90 Å². The summed E-state index contributed by atoms with van der Waals surface area (Å²) in [6.45, 7) is 17.2. The quantitative estimate of drug-likeness (QED) is 0.722. The molecular formula is C16H23N. The van der Waals surface area contributed by atoms with Gasteiger partial charge in [0.05, 0.1) is 0 Å². The molecule has 0 aliphatic rings. The van der Waals surface area contributed by atoms with Crippen molar-refractivity contribution in [3.63, 3.8) is 0 Å². The van der Waals surface area contributed by atoms with Crippen molar-refractivity contribution < 1.29 is 0 Å². The van der Waals surface area contributed by atoms with Crippen molar-refractivity contribution in [1.29, 1.82) is 0 Å². The minimum atomic E-state index is 0.857. The Kier molecular flexibility index (Phi) is 4.56. The molecule has 17 heavy (non-hydrogen) atoms. The first-order chi connectivity index (χ1) is 7.95. The molecule has 92 valence electrons. The first-order valence-corrected chi connectivity index (χ1v) is 6.12. The summed E-state index contributed by atoms with van der Waals surface area (Å²) >= 11 is 0. The van der Waals surface area contributed by atoms with Crippen LogP contribution in [0.4, 0.5) is 0 Å². The van der Waals surface area contributed by atoms with Gasteiger partial charge in [-0.15, -0.1) is 0 Å². The molecule has 0 fully saturated rings. The lowest BCUT2D eigenvalue weighted by atomic mass is 10.0. The van der Waals surface area contributed by atoms with Crippen LogP contribution in [-0.2, 0) is 13.0 Å². The monoisotopic (exact) mass is 229 g/mol. The van der Waals surface area contributed by atoms with Gasteiger partial charge in [0.25, 0.3) is 0 Å². The summed E-state index contributed by atoms with van der Waals surface area (Å²) in [5, 5.41) is 0. The van der Waals surface area contributed by atoms with Crippen molar-refractivity contribution in [2.75, 3.05) is 0 Å². The molecule has 0 saturated heterocycles. The molecule has 0 spiro atoms. The Morgan fingerprint density at radius 3 is 2.18 bits per heavy atom. The Labute approximate surface area is 105 Å². The number of hydrogen-bond donors (Lipinski definition) is 0. The molecule has 0 amide bonds. The summed E-state index contributed by atoms with van der Waals surface area (Å²) in [6, 6.07) is 6.68. The molecule has 0 heterocycles. The van der Waals surface area contributed by atoms with E-state index in [1.54, 1.807) is 0 Å². The van der Waals surface area contributed by atoms with Crippen LogP contribution in [0.5, 0.6) is 0 Å². The molecule has 0 aliphatic carbocycles. The van der Waals surface area contributed by atoms with Crippen LogP contribution in [0.3, 0.4) is 0 Å². The molecule has 1 aromatic carbocycles. The van der Waals surface area contributed by atoms with Crippen LogP contribution in [0.1, 0.15) is 37.5 Å². The van der Waals surface area contributed by atoms with Crippen LogP contribution in [0.2, 0.25) is 0 Å². The third kappa shape index (κ3) is 3.48. The summed E-state index contributed by atoms with van der Waals surface area (Å²) in [7, 11) is 0. The van der Waals surface area contributed by atoms with Crippen LogP contribution in [-0.4, -0.2) is 4.90 Å². The van der Waals surface area contributed by atoms with Crippen LogP contribution in [0.15, 0.2) is 42.8 Å². The fourth-order valence-electron chi connectivity index (χ4n) is 2.03. The molecule has 0 saturated carbocycles. The standard InChI is InChI=1S/C16H23N/c1-7-16-9-8-15(10-14(16)6)11-17(12(2)3)13(4)5/h8-10H,2,4,7,11H2,1,3,5-6H3. The second-order valence-corrected chi connectivity index (χ2v) is 4.67. The molecule has 0 aromatic heterocycles. The summed E-state index contributed by atoms with van der Waals surface area (Å²) in [5.74, 6) is 0. The highest BCUT2D eigenvalue weighted by atomic mass is 15.1. The smallest absolute Gasteiger partial charge is 0.0474 e. The van der Waals surface area contributed by atoms with E-state index in [0.717, 1.165) is 24.4 Å². The van der Waals surface area contributed by atoms with Crippen molar-refractivity contribution >= 4 is 0 Å². The molecule has 0 atom stereocenters. The number of allylic oxidation sites excluding steroid dienone is 2. The normalized spacial score (nSPS) is 10.1. The van der Waals surface area contributed by atoms with Gasteiger partial charge in [-0.05, 0) is 43.9 Å². The minimum Gasteiger partial charge on any atom is -0.346 e. The maximum absolute atomic E-state index is 3.99. The van der Waals surface area contributed by atoms with Crippen LogP contribution in [0.25, 0.3) is 0 Å². The van der Waals surface area contributed by atoms with Gasteiger partial charge in [0.15, 0.2) is 0 Å². The Morgan fingerprint density at radius 1 is 1.18 bits per heavy atom. The molecule has 1 aromatic rings. The van der Waals surface area contributed by atoms with E-state index in [0.29, 0.717) is 0 Å². The lowest BCUT2D eigenvalue weighted by Crippen LogP contribution is -2.17. The predicted octanol–water partition coefficient (Wildman–Crippen LogP) is 4.43. The lowest BCUT2D eigenvalue weighted by Gasteiger charge is -2.25. The molecular weight excluding hydrogens is 206 g/mol. The van der Waals surface area contributed by atoms with Crippen molar-refractivity contribution in [1.82, 2.24) is 4.90 Å². The van der Waals surface area contributed by atoms with Gasteiger partial charge >= 0.3 is 0 Å². The maximum Gasteiger partial charge on any atom is 0.0474 e. The van der Waals surface area contributed by atoms with Crippen molar-refractivity contribution in [2.24, 2.45) is 0 Å². The topological polar surface area (TPSA) is 3.24 Å². The molecule has 0 N–H and O–H groups in total. The first-order valence-electron chi connectivity index (χ1n) is 6.12. The average molecular weight is 229 g/mol. The summed E-state index contributed by atoms with van der Waals surface area (Å²) in [6.07, 6.45) is 1.09. The molecule has 0 aliphatic heterocycles. The highest BCUT2D eigenvalue weighted by Gasteiger charge is 2.06. The lowest BCUT2D eigenvalue weighted by molar-refractivity contribution is 0.425. The largest absolute Gasteiger partial charge is 0.346 e. The average Bonchev–Trinajstić information content (AvgIpc) is 2.25. The third-order valence-corrected chi connectivity index (χ3v) is 3.05. The van der Waals surface area contributed by atoms with Gasteiger partial charge in [-0.2, -0.15) is 0 Å². The summed E-state index contributed by atoms with van der Waals surface area (Å²) in [4.78, 5) is 2.14. The first kappa shape index (κ1) is 13.6. The van der Waals surface area contributed by atoms with Gasteiger partial charge in [0, 0.05) is 17.9 Å². The number of rotatable bonds is 5. The van der Waals surface area contributed by atoms with Gasteiger partial charge in [-0.25, -0.2) is 0 Å². The Morgan fingerprint density at radius 2 is 1.76 bits per heavy atom. The van der Waals surface area contributed by atoms with E-state index in [9.17, 15) is 0 Å². The summed E-state index contributed by atoms with van der Waals surface area (Å²) < 4.78 is 0. The molecule has 1 heteroatoms. The van der Waals surface area contributed by atoms with Crippen molar-refractivity contribution in [3.05, 3.63) is 59.4 Å². The Balaban J connectivity index is 2.91. The third-order valence-electron chi connectivity index (χ3n) is 3.05. The van der Waals surface area contributed by atoms with Gasteiger partial charge in [-0.3, -0.25) is 0 Å². The maximum atomic E-state index is 3.99. The fraction of sp³-hybridized carbons (Fsp3) is 0.375. The highest BCUT2D eigenvalue weighted by Crippen LogP contribution is 2.17. The van der Waals surface area contributed by atoms with Gasteiger partial charge in [0.1, 0.15) is 0 Å². The van der Waals surface area contributed by atoms with Crippen LogP contribution in [0, 0.1) is 6.92 Å². The second kappa shape index (κ2) is 5.72. The zero-order valence-electron chi connectivity index (χ0n) is 11.5. The van der Waals surface area contributed by atoms with Crippen molar-refractivity contribution in [2.45, 2.75) is 40.7 Å². The zero-order chi connectivity index (χ0) is 13.0. The van der Waals surface area contributed by atoms with E-state index in [2.05, 4.69) is 50.1 Å². The predicted molar refractivity (Wildman–Crippen MR) is 75.7 cm³/mol. The number of benzene rings is 1. The molecule has 1 nitrogen and oxygen atoms in total. The van der Waals surface area contributed by atoms with E-state index >= 15 is 0 Å². The minimum absolute atomic E-state index is 0.857. The van der Waals surface area contributed by atoms with E-state index in [1.165, 1.54) is 16.7 Å². The van der Waals surface area contributed by atoms with E-state index in [-0.39, 0.29) is 0 Å². The summed E-state index contributed by atoms with van der Waals surface area (Å²) in [5.41, 5.74) is 6.18. The van der Waals surface area contributed by atoms with Gasteiger partial charge in [0.2, 0.25) is 0 Å². The number of nitrogens with zero attached hydrogens (tertiary/aromatic N) is 1. The second-order valence-electron chi connectivity index (χ2n) is 4.67. The fourth-order valence-corrected chi connectivity index (χ4v) is 2.03. The molecule has 1 rings (SSSR count). The molecule has 0 radical (unpaired) electrons. The molecule has 0 bridgehead atoms. The number of aryl methyl sites for hydroxylation is 2. The van der Waals surface area contributed by atoms with Crippen molar-refractivity contribution in [3.8, 4) is 0 Å².